The summed E-state index contributed by atoms with van der Waals surface area (Å²) < 4.78 is 0. The van der Waals surface area contributed by atoms with Crippen LogP contribution in [0.1, 0.15) is 6.92 Å². The fourth-order valence-electron chi connectivity index (χ4n) is 0. The van der Waals surface area contributed by atoms with Crippen molar-refractivity contribution >= 4 is 80.0 Å². The SMILES string of the molecule is CC(=O)O.[CaH2].[Cl][Mg][Cl]. The molecule has 2 nitrogen and oxygen atoms in total. The molecule has 6 heteroatoms. The van der Waals surface area contributed by atoms with E-state index < -0.39 is 24.1 Å². The molecule has 1 N–H and O–H groups in total. The molecular formula is C2H6CaCl2MgO2. The van der Waals surface area contributed by atoms with Gasteiger partial charge in [0.25, 0.3) is 5.97 Å². The van der Waals surface area contributed by atoms with Crippen LogP contribution in [-0.2, 0) is 4.79 Å². The van der Waals surface area contributed by atoms with E-state index in [0.29, 0.717) is 0 Å². The summed E-state index contributed by atoms with van der Waals surface area (Å²) in [6.45, 7) is 1.08. The van der Waals surface area contributed by atoms with Crippen LogP contribution in [0, 0.1) is 0 Å². The summed E-state index contributed by atoms with van der Waals surface area (Å²) >= 11 is -0.639. The summed E-state index contributed by atoms with van der Waals surface area (Å²) in [5, 5.41) is 7.42. The fraction of sp³-hybridized carbons (Fsp3) is 0.500. The Morgan fingerprint density at radius 1 is 1.62 bits per heavy atom. The number of hydrogen-bond acceptors (Lipinski definition) is 1. The topological polar surface area (TPSA) is 37.3 Å². The Kier molecular flexibility index (Phi) is 33.2. The van der Waals surface area contributed by atoms with Gasteiger partial charge in [-0.3, -0.25) is 4.79 Å². The smallest absolute Gasteiger partial charge is 0.309 e. The fourth-order valence-corrected chi connectivity index (χ4v) is 0. The molecule has 0 unspecified atom stereocenters. The van der Waals surface area contributed by atoms with Gasteiger partial charge >= 0.3 is 55.9 Å². The van der Waals surface area contributed by atoms with Gasteiger partial charge in [0.05, 0.1) is 0 Å². The molecule has 0 aliphatic carbocycles. The van der Waals surface area contributed by atoms with E-state index in [1.54, 1.807) is 0 Å². The van der Waals surface area contributed by atoms with Crippen molar-refractivity contribution in [3.8, 4) is 0 Å². The van der Waals surface area contributed by atoms with Gasteiger partial charge in [-0.15, -0.1) is 0 Å². The van der Waals surface area contributed by atoms with Gasteiger partial charge in [0.15, 0.2) is 0 Å². The van der Waals surface area contributed by atoms with E-state index >= 15 is 0 Å². The zero-order chi connectivity index (χ0) is 6.28. The number of hydrogen-bond donors (Lipinski definition) is 1. The molecule has 0 fully saturated rings. The Morgan fingerprint density at radius 3 is 1.62 bits per heavy atom. The molecule has 0 rings (SSSR count). The Balaban J connectivity index is -0.0000000575. The Morgan fingerprint density at radius 2 is 1.62 bits per heavy atom. The first-order chi connectivity index (χ1) is 3.15. The van der Waals surface area contributed by atoms with E-state index in [4.69, 9.17) is 28.0 Å². The Hall–Kier alpha value is 2.08. The largest absolute Gasteiger partial charge is 0.618 e. The minimum atomic E-state index is -0.833. The number of carbonyl (C=O) groups is 1. The molecule has 8 heavy (non-hydrogen) atoms. The molecule has 0 aromatic heterocycles. The third-order valence-corrected chi connectivity index (χ3v) is 0. The maximum absolute atomic E-state index is 9.00. The minimum Gasteiger partial charge on any atom is -0.309 e. The van der Waals surface area contributed by atoms with Crippen LogP contribution in [0.3, 0.4) is 0 Å². The van der Waals surface area contributed by atoms with Gasteiger partial charge in [-0.25, -0.2) is 0 Å². The standard InChI is InChI=1S/C2H4O2.Ca.2ClH.Mg.2H/c1-2(3)4;;;;;;/h1H3,(H,3,4);;2*1H;;;/q;;;;+2;;/p-2. The third-order valence-electron chi connectivity index (χ3n) is 0. The van der Waals surface area contributed by atoms with Gasteiger partial charge in [0, 0.05) is 6.92 Å². The van der Waals surface area contributed by atoms with E-state index in [1.807, 2.05) is 0 Å². The normalized spacial score (nSPS) is 4.38. The van der Waals surface area contributed by atoms with Crippen molar-refractivity contribution in [2.75, 3.05) is 0 Å². The van der Waals surface area contributed by atoms with Gasteiger partial charge in [-0.05, 0) is 0 Å². The monoisotopic (exact) mass is 196 g/mol. The number of carboxylic acids is 1. The first kappa shape index (κ1) is 16.6. The first-order valence-corrected chi connectivity index (χ1v) is 5.74. The van der Waals surface area contributed by atoms with Crippen LogP contribution < -0.4 is 0 Å². The van der Waals surface area contributed by atoms with Crippen molar-refractivity contribution in [3.05, 3.63) is 0 Å². The molecule has 0 saturated carbocycles. The predicted octanol–water partition coefficient (Wildman–Crippen LogP) is 0.173. The number of halogens is 2. The third kappa shape index (κ3) is 93.8. The molecule has 0 saturated heterocycles. The van der Waals surface area contributed by atoms with Gasteiger partial charge in [-0.1, -0.05) is 0 Å². The van der Waals surface area contributed by atoms with E-state index in [-0.39, 0.29) is 37.7 Å². The van der Waals surface area contributed by atoms with Crippen LogP contribution in [0.25, 0.3) is 0 Å². The predicted molar refractivity (Wildman–Crippen MR) is 39.3 cm³/mol. The maximum atomic E-state index is 9.00. The Labute approximate surface area is 95.2 Å². The van der Waals surface area contributed by atoms with Crippen LogP contribution in [-0.4, -0.2) is 67.0 Å². The van der Waals surface area contributed by atoms with Crippen LogP contribution in [0.15, 0.2) is 0 Å². The van der Waals surface area contributed by atoms with Crippen molar-refractivity contribution in [1.29, 1.82) is 0 Å². The van der Waals surface area contributed by atoms with E-state index in [9.17, 15) is 0 Å². The summed E-state index contributed by atoms with van der Waals surface area (Å²) in [5.74, 6) is -0.833. The van der Waals surface area contributed by atoms with Crippen LogP contribution in [0.4, 0.5) is 0 Å². The average molecular weight is 197 g/mol. The second kappa shape index (κ2) is 16.0. The molecule has 0 aromatic rings. The average Bonchev–Trinajstić information content (AvgIpc) is 1.33. The molecule has 0 aliphatic rings. The van der Waals surface area contributed by atoms with Crippen molar-refractivity contribution in [3.63, 3.8) is 0 Å². The molecule has 0 atom stereocenters. The summed E-state index contributed by atoms with van der Waals surface area (Å²) in [7, 11) is 9.81. The maximum Gasteiger partial charge on any atom is 0.618 e. The van der Waals surface area contributed by atoms with E-state index in [0.717, 1.165) is 6.92 Å². The molecular weight excluding hydrogens is 191 g/mol. The molecule has 0 heterocycles. The van der Waals surface area contributed by atoms with Crippen molar-refractivity contribution in [2.45, 2.75) is 6.92 Å². The molecule has 0 spiro atoms. The molecule has 0 aliphatic heterocycles. The number of rotatable bonds is 0. The van der Waals surface area contributed by atoms with Crippen molar-refractivity contribution in [1.82, 2.24) is 0 Å². The Bertz CT molecular complexity index is 49.3. The van der Waals surface area contributed by atoms with E-state index in [2.05, 4.69) is 0 Å². The molecule has 0 bridgehead atoms. The van der Waals surface area contributed by atoms with Crippen molar-refractivity contribution < 1.29 is 9.90 Å². The summed E-state index contributed by atoms with van der Waals surface area (Å²) in [4.78, 5) is 9.00. The summed E-state index contributed by atoms with van der Waals surface area (Å²) in [6.07, 6.45) is 0. The van der Waals surface area contributed by atoms with Crippen LogP contribution in [0.5, 0.6) is 0 Å². The van der Waals surface area contributed by atoms with Gasteiger partial charge in [-0.2, -0.15) is 0 Å². The number of carboxylic acid groups (broad SMARTS) is 1. The molecule has 0 aromatic carbocycles. The summed E-state index contributed by atoms with van der Waals surface area (Å²) in [5.41, 5.74) is 0. The minimum absolute atomic E-state index is 0. The van der Waals surface area contributed by atoms with Crippen LogP contribution in [0.2, 0.25) is 0 Å². The second-order valence-electron chi connectivity index (χ2n) is 0.620. The second-order valence-corrected chi connectivity index (χ2v) is 3.25. The summed E-state index contributed by atoms with van der Waals surface area (Å²) in [6, 6.07) is 0. The first-order valence-electron chi connectivity index (χ1n) is 1.46. The van der Waals surface area contributed by atoms with Crippen molar-refractivity contribution in [2.24, 2.45) is 0 Å². The van der Waals surface area contributed by atoms with E-state index in [1.165, 1.54) is 0 Å². The molecule has 44 valence electrons. The zero-order valence-corrected chi connectivity index (χ0v) is 6.74. The van der Waals surface area contributed by atoms with Gasteiger partial charge in [0.1, 0.15) is 0 Å². The van der Waals surface area contributed by atoms with Gasteiger partial charge in [0.2, 0.25) is 0 Å². The van der Waals surface area contributed by atoms with Gasteiger partial charge < -0.3 is 23.2 Å². The zero-order valence-electron chi connectivity index (χ0n) is 3.82. The molecule has 0 radical (unpaired) electrons. The molecule has 0 amide bonds. The van der Waals surface area contributed by atoms with Crippen LogP contribution >= 0.6 is 18.1 Å². The quantitative estimate of drug-likeness (QED) is 0.562. The number of aliphatic carboxylic acids is 1.